The summed E-state index contributed by atoms with van der Waals surface area (Å²) in [4.78, 5) is 11.5. The highest BCUT2D eigenvalue weighted by Crippen LogP contribution is 2.29. The number of aryl methyl sites for hydroxylation is 1. The molecule has 26 heavy (non-hydrogen) atoms. The summed E-state index contributed by atoms with van der Waals surface area (Å²) in [5.41, 5.74) is 1.04. The first-order valence-electron chi connectivity index (χ1n) is 8.59. The van der Waals surface area contributed by atoms with Gasteiger partial charge in [0.05, 0.1) is 6.10 Å². The number of aliphatic hydroxyl groups is 1. The average molecular weight is 358 g/mol. The molecule has 4 rings (SSSR count). The molecule has 0 bridgehead atoms. The Morgan fingerprint density at radius 3 is 2.58 bits per heavy atom. The maximum atomic E-state index is 9.92. The van der Waals surface area contributed by atoms with E-state index in [0.717, 1.165) is 18.8 Å². The Hall–Kier alpha value is -2.69. The number of tetrazole rings is 1. The minimum absolute atomic E-state index is 0.233. The summed E-state index contributed by atoms with van der Waals surface area (Å²) < 4.78 is 3.28. The molecular weight excluding hydrogens is 336 g/mol. The fourth-order valence-corrected chi connectivity index (χ4v) is 2.95. The van der Waals surface area contributed by atoms with Crippen molar-refractivity contribution < 1.29 is 5.11 Å². The first-order valence-corrected chi connectivity index (χ1v) is 8.59. The summed E-state index contributed by atoms with van der Waals surface area (Å²) in [6.07, 6.45) is 0.368. The molecule has 138 valence electrons. The van der Waals surface area contributed by atoms with Crippen LogP contribution in [0.5, 0.6) is 0 Å². The number of hydrogen-bond acceptors (Lipinski definition) is 9. The Morgan fingerprint density at radius 2 is 1.96 bits per heavy atom. The molecular formula is C15H22N10O. The number of fused-ring (bicyclic) bond motifs is 1. The second-order valence-corrected chi connectivity index (χ2v) is 7.65. The van der Waals surface area contributed by atoms with Crippen molar-refractivity contribution >= 4 is 17.0 Å². The van der Waals surface area contributed by atoms with Crippen LogP contribution in [0.3, 0.4) is 0 Å². The average Bonchev–Trinajstić information content (AvgIpc) is 3.28. The van der Waals surface area contributed by atoms with E-state index in [4.69, 9.17) is 9.97 Å². The Labute approximate surface area is 150 Å². The van der Waals surface area contributed by atoms with Gasteiger partial charge in [0.1, 0.15) is 12.4 Å². The van der Waals surface area contributed by atoms with Gasteiger partial charge in [-0.2, -0.15) is 0 Å². The van der Waals surface area contributed by atoms with Gasteiger partial charge in [0, 0.05) is 25.6 Å². The summed E-state index contributed by atoms with van der Waals surface area (Å²) >= 11 is 0. The first-order chi connectivity index (χ1) is 12.3. The van der Waals surface area contributed by atoms with Gasteiger partial charge < -0.3 is 10.0 Å². The Balaban J connectivity index is 1.84. The molecule has 0 saturated carbocycles. The van der Waals surface area contributed by atoms with Crippen LogP contribution in [-0.4, -0.2) is 69.5 Å². The molecule has 1 fully saturated rings. The molecule has 0 aliphatic carbocycles. The molecule has 11 heteroatoms. The second kappa shape index (κ2) is 5.94. The molecule has 0 radical (unpaired) electrons. The van der Waals surface area contributed by atoms with Crippen LogP contribution in [0.2, 0.25) is 0 Å². The van der Waals surface area contributed by atoms with Gasteiger partial charge >= 0.3 is 0 Å². The SMILES string of the molecule is Cn1nnnc1Cn1nnc2c(N3CCC(O)C3)nc(C(C)(C)C)nc21. The normalized spacial score (nSPS) is 18.2. The van der Waals surface area contributed by atoms with E-state index < -0.39 is 0 Å². The van der Waals surface area contributed by atoms with Crippen LogP contribution in [0.4, 0.5) is 5.82 Å². The number of aromatic nitrogens is 9. The monoisotopic (exact) mass is 358 g/mol. The molecule has 0 spiro atoms. The molecule has 1 aliphatic rings. The van der Waals surface area contributed by atoms with Crippen LogP contribution < -0.4 is 4.90 Å². The van der Waals surface area contributed by atoms with Crippen molar-refractivity contribution in [3.8, 4) is 0 Å². The molecule has 0 amide bonds. The van der Waals surface area contributed by atoms with Gasteiger partial charge in [-0.1, -0.05) is 26.0 Å². The zero-order valence-corrected chi connectivity index (χ0v) is 15.3. The van der Waals surface area contributed by atoms with E-state index in [1.54, 1.807) is 16.4 Å². The van der Waals surface area contributed by atoms with Crippen molar-refractivity contribution in [1.29, 1.82) is 0 Å². The van der Waals surface area contributed by atoms with E-state index in [1.807, 2.05) is 4.90 Å². The van der Waals surface area contributed by atoms with E-state index in [2.05, 4.69) is 46.6 Å². The van der Waals surface area contributed by atoms with Gasteiger partial charge in [0.25, 0.3) is 0 Å². The number of β-amino-alcohol motifs (C(OH)–C–C–N with tert-alkyl or cyclic N) is 1. The number of nitrogens with zero attached hydrogens (tertiary/aromatic N) is 10. The standard InChI is InChI=1S/C15H22N10O/c1-15(2,3)14-16-12(24-6-5-9(26)7-24)11-13(17-14)25(21-19-11)8-10-18-20-22-23(10)4/h9,26H,5-8H2,1-4H3. The summed E-state index contributed by atoms with van der Waals surface area (Å²) in [5, 5.41) is 30.0. The highest BCUT2D eigenvalue weighted by molar-refractivity contribution is 5.83. The largest absolute Gasteiger partial charge is 0.391 e. The summed E-state index contributed by atoms with van der Waals surface area (Å²) in [6.45, 7) is 7.84. The summed E-state index contributed by atoms with van der Waals surface area (Å²) in [5.74, 6) is 2.09. The molecule has 11 nitrogen and oxygen atoms in total. The van der Waals surface area contributed by atoms with Crippen LogP contribution in [0.25, 0.3) is 11.2 Å². The van der Waals surface area contributed by atoms with Crippen molar-refractivity contribution in [1.82, 2.24) is 45.2 Å². The van der Waals surface area contributed by atoms with E-state index >= 15 is 0 Å². The molecule has 4 heterocycles. The minimum Gasteiger partial charge on any atom is -0.391 e. The lowest BCUT2D eigenvalue weighted by Crippen LogP contribution is -2.25. The van der Waals surface area contributed by atoms with Crippen molar-refractivity contribution in [2.45, 2.75) is 45.3 Å². The van der Waals surface area contributed by atoms with Gasteiger partial charge in [-0.15, -0.1) is 10.2 Å². The quantitative estimate of drug-likeness (QED) is 0.669. The number of aliphatic hydroxyl groups excluding tert-OH is 1. The lowest BCUT2D eigenvalue weighted by molar-refractivity contribution is 0.198. The van der Waals surface area contributed by atoms with E-state index in [0.29, 0.717) is 35.9 Å². The third-order valence-corrected chi connectivity index (χ3v) is 4.48. The first kappa shape index (κ1) is 16.8. The van der Waals surface area contributed by atoms with E-state index in [-0.39, 0.29) is 11.5 Å². The number of anilines is 1. The van der Waals surface area contributed by atoms with E-state index in [9.17, 15) is 5.11 Å². The molecule has 1 atom stereocenters. The second-order valence-electron chi connectivity index (χ2n) is 7.65. The molecule has 0 aromatic carbocycles. The van der Waals surface area contributed by atoms with Crippen LogP contribution in [0, 0.1) is 0 Å². The molecule has 1 aliphatic heterocycles. The smallest absolute Gasteiger partial charge is 0.184 e. The van der Waals surface area contributed by atoms with Gasteiger partial charge in [-0.25, -0.2) is 19.3 Å². The third kappa shape index (κ3) is 2.87. The molecule has 1 saturated heterocycles. The van der Waals surface area contributed by atoms with Gasteiger partial charge in [-0.3, -0.25) is 0 Å². The Morgan fingerprint density at radius 1 is 1.15 bits per heavy atom. The predicted molar refractivity (Wildman–Crippen MR) is 92.6 cm³/mol. The minimum atomic E-state index is -0.349. The zero-order valence-electron chi connectivity index (χ0n) is 15.3. The van der Waals surface area contributed by atoms with Crippen LogP contribution in [0.15, 0.2) is 0 Å². The van der Waals surface area contributed by atoms with Crippen LogP contribution in [-0.2, 0) is 19.0 Å². The maximum Gasteiger partial charge on any atom is 0.184 e. The fraction of sp³-hybridized carbons (Fsp3) is 0.667. The van der Waals surface area contributed by atoms with Crippen molar-refractivity contribution in [3.63, 3.8) is 0 Å². The highest BCUT2D eigenvalue weighted by Gasteiger charge is 2.29. The zero-order chi connectivity index (χ0) is 18.5. The molecule has 1 unspecified atom stereocenters. The van der Waals surface area contributed by atoms with Gasteiger partial charge in [-0.05, 0) is 16.8 Å². The lowest BCUT2D eigenvalue weighted by atomic mass is 9.96. The predicted octanol–water partition coefficient (Wildman–Crippen LogP) is -0.338. The summed E-state index contributed by atoms with van der Waals surface area (Å²) in [6, 6.07) is 0. The highest BCUT2D eigenvalue weighted by atomic mass is 16.3. The number of rotatable bonds is 3. The Kier molecular flexibility index (Phi) is 3.83. The van der Waals surface area contributed by atoms with Crippen LogP contribution in [0.1, 0.15) is 38.8 Å². The molecule has 3 aromatic heterocycles. The third-order valence-electron chi connectivity index (χ3n) is 4.48. The van der Waals surface area contributed by atoms with Crippen LogP contribution >= 0.6 is 0 Å². The topological polar surface area (TPSA) is 124 Å². The van der Waals surface area contributed by atoms with Crippen molar-refractivity contribution in [3.05, 3.63) is 11.6 Å². The number of hydrogen-bond donors (Lipinski definition) is 1. The maximum absolute atomic E-state index is 9.92. The summed E-state index contributed by atoms with van der Waals surface area (Å²) in [7, 11) is 1.78. The lowest BCUT2D eigenvalue weighted by Gasteiger charge is -2.21. The van der Waals surface area contributed by atoms with Crippen molar-refractivity contribution in [2.75, 3.05) is 18.0 Å². The molecule has 3 aromatic rings. The fourth-order valence-electron chi connectivity index (χ4n) is 2.95. The van der Waals surface area contributed by atoms with Gasteiger partial charge in [0.15, 0.2) is 22.8 Å². The van der Waals surface area contributed by atoms with Gasteiger partial charge in [0.2, 0.25) is 0 Å². The Bertz CT molecular complexity index is 940. The molecule has 1 N–H and O–H groups in total. The van der Waals surface area contributed by atoms with E-state index in [1.165, 1.54) is 0 Å². The van der Waals surface area contributed by atoms with Crippen molar-refractivity contribution in [2.24, 2.45) is 7.05 Å².